The second-order valence-electron chi connectivity index (χ2n) is 5.54. The van der Waals surface area contributed by atoms with Gasteiger partial charge >= 0.3 is 0 Å². The Balaban J connectivity index is 1.62. The fourth-order valence-corrected chi connectivity index (χ4v) is 2.53. The molecular weight excluding hydrogens is 266 g/mol. The third-order valence-electron chi connectivity index (χ3n) is 3.86. The van der Waals surface area contributed by atoms with Gasteiger partial charge in [0.25, 0.3) is 0 Å². The molecule has 2 N–H and O–H groups in total. The highest BCUT2D eigenvalue weighted by atomic mass is 16.5. The number of likely N-dealkylation sites (tertiary alicyclic amines) is 1. The lowest BCUT2D eigenvalue weighted by molar-refractivity contribution is 0.105. The van der Waals surface area contributed by atoms with Crippen LogP contribution in [0.15, 0.2) is 24.3 Å². The molecule has 0 aliphatic carbocycles. The zero-order chi connectivity index (χ0) is 15.1. The van der Waals surface area contributed by atoms with Crippen molar-refractivity contribution in [1.82, 2.24) is 10.2 Å². The maximum atomic E-state index is 9.90. The summed E-state index contributed by atoms with van der Waals surface area (Å²) in [6, 6.07) is 9.53. The lowest BCUT2D eigenvalue weighted by Gasteiger charge is -2.21. The van der Waals surface area contributed by atoms with E-state index in [0.717, 1.165) is 13.1 Å². The van der Waals surface area contributed by atoms with Crippen LogP contribution < -0.4 is 10.1 Å². The molecule has 0 amide bonds. The van der Waals surface area contributed by atoms with Crippen LogP contribution in [-0.2, 0) is 0 Å². The van der Waals surface area contributed by atoms with E-state index >= 15 is 0 Å². The van der Waals surface area contributed by atoms with Gasteiger partial charge < -0.3 is 20.1 Å². The third kappa shape index (κ3) is 5.01. The van der Waals surface area contributed by atoms with Crippen LogP contribution in [0.25, 0.3) is 0 Å². The molecule has 0 bridgehead atoms. The fourth-order valence-electron chi connectivity index (χ4n) is 2.53. The van der Waals surface area contributed by atoms with Crippen molar-refractivity contribution in [2.24, 2.45) is 0 Å². The van der Waals surface area contributed by atoms with Crippen molar-refractivity contribution in [1.29, 1.82) is 5.26 Å². The third-order valence-corrected chi connectivity index (χ3v) is 3.86. The number of nitriles is 1. The molecule has 1 aliphatic heterocycles. The first-order chi connectivity index (χ1) is 10.2. The number of likely N-dealkylation sites (N-methyl/N-ethyl adjacent to an activating group) is 1. The van der Waals surface area contributed by atoms with Gasteiger partial charge in [-0.2, -0.15) is 5.26 Å². The Hall–Kier alpha value is -1.61. The Morgan fingerprint density at radius 3 is 2.86 bits per heavy atom. The van der Waals surface area contributed by atoms with Crippen LogP contribution in [0.2, 0.25) is 0 Å². The first-order valence-electron chi connectivity index (χ1n) is 7.41. The van der Waals surface area contributed by atoms with Crippen LogP contribution in [0.3, 0.4) is 0 Å². The summed E-state index contributed by atoms with van der Waals surface area (Å²) in [5.74, 6) is 0.670. The SMILES string of the molecule is CN1CCCC1CNCC(O)COc1ccc(C#N)cc1. The standard InChI is InChI=1S/C16H23N3O2/c1-19-8-2-3-14(19)10-18-11-15(20)12-21-16-6-4-13(9-17)5-7-16/h4-7,14-15,18,20H,2-3,8,10-12H2,1H3. The minimum Gasteiger partial charge on any atom is -0.491 e. The molecule has 1 aromatic rings. The van der Waals surface area contributed by atoms with Crippen LogP contribution in [0.4, 0.5) is 0 Å². The van der Waals surface area contributed by atoms with Crippen LogP contribution in [-0.4, -0.2) is 55.4 Å². The van der Waals surface area contributed by atoms with E-state index in [4.69, 9.17) is 10.00 Å². The van der Waals surface area contributed by atoms with E-state index in [9.17, 15) is 5.11 Å². The molecular formula is C16H23N3O2. The lowest BCUT2D eigenvalue weighted by Crippen LogP contribution is -2.39. The summed E-state index contributed by atoms with van der Waals surface area (Å²) in [5, 5.41) is 21.9. The maximum absolute atomic E-state index is 9.90. The van der Waals surface area contributed by atoms with E-state index in [1.165, 1.54) is 12.8 Å². The van der Waals surface area contributed by atoms with Gasteiger partial charge in [-0.05, 0) is 50.7 Å². The first-order valence-corrected chi connectivity index (χ1v) is 7.41. The Bertz CT molecular complexity index is 469. The second-order valence-corrected chi connectivity index (χ2v) is 5.54. The van der Waals surface area contributed by atoms with E-state index in [1.807, 2.05) is 0 Å². The van der Waals surface area contributed by atoms with E-state index < -0.39 is 6.10 Å². The Kier molecular flexibility index (Phi) is 6.00. The summed E-state index contributed by atoms with van der Waals surface area (Å²) in [6.07, 6.45) is 1.95. The normalized spacial score (nSPS) is 20.1. The molecule has 1 fully saturated rings. The van der Waals surface area contributed by atoms with Gasteiger partial charge in [0.1, 0.15) is 18.5 Å². The molecule has 1 heterocycles. The molecule has 114 valence electrons. The summed E-state index contributed by atoms with van der Waals surface area (Å²) in [5.41, 5.74) is 0.602. The number of nitrogens with one attached hydrogen (secondary N) is 1. The summed E-state index contributed by atoms with van der Waals surface area (Å²) in [6.45, 7) is 2.85. The zero-order valence-corrected chi connectivity index (χ0v) is 12.5. The number of hydrogen-bond acceptors (Lipinski definition) is 5. The average Bonchev–Trinajstić information content (AvgIpc) is 2.91. The summed E-state index contributed by atoms with van der Waals surface area (Å²) >= 11 is 0. The van der Waals surface area contributed by atoms with Gasteiger partial charge in [0.05, 0.1) is 11.6 Å². The average molecular weight is 289 g/mol. The van der Waals surface area contributed by atoms with E-state index in [2.05, 4.69) is 23.3 Å². The van der Waals surface area contributed by atoms with E-state index in [1.54, 1.807) is 24.3 Å². The number of aliphatic hydroxyl groups excluding tert-OH is 1. The van der Waals surface area contributed by atoms with Gasteiger partial charge in [-0.1, -0.05) is 0 Å². The van der Waals surface area contributed by atoms with Gasteiger partial charge in [0.2, 0.25) is 0 Å². The molecule has 5 heteroatoms. The lowest BCUT2D eigenvalue weighted by atomic mass is 10.2. The number of aliphatic hydroxyl groups is 1. The Morgan fingerprint density at radius 1 is 1.48 bits per heavy atom. The molecule has 1 saturated heterocycles. The molecule has 0 radical (unpaired) electrons. The Labute approximate surface area is 126 Å². The number of nitrogens with zero attached hydrogens (tertiary/aromatic N) is 2. The highest BCUT2D eigenvalue weighted by molar-refractivity contribution is 5.34. The topological polar surface area (TPSA) is 68.5 Å². The van der Waals surface area contributed by atoms with Gasteiger partial charge in [-0.15, -0.1) is 0 Å². The molecule has 5 nitrogen and oxygen atoms in total. The van der Waals surface area contributed by atoms with E-state index in [-0.39, 0.29) is 6.61 Å². The van der Waals surface area contributed by atoms with Gasteiger partial charge in [0.15, 0.2) is 0 Å². The number of ether oxygens (including phenoxy) is 1. The quantitative estimate of drug-likeness (QED) is 0.783. The van der Waals surface area contributed by atoms with Crippen molar-refractivity contribution in [3.05, 3.63) is 29.8 Å². The highest BCUT2D eigenvalue weighted by Gasteiger charge is 2.20. The van der Waals surface area contributed by atoms with Crippen molar-refractivity contribution in [2.45, 2.75) is 25.0 Å². The monoisotopic (exact) mass is 289 g/mol. The van der Waals surface area contributed by atoms with Crippen LogP contribution >= 0.6 is 0 Å². The van der Waals surface area contributed by atoms with Crippen LogP contribution in [0, 0.1) is 11.3 Å². The molecule has 0 saturated carbocycles. The van der Waals surface area contributed by atoms with Gasteiger partial charge in [0, 0.05) is 19.1 Å². The summed E-state index contributed by atoms with van der Waals surface area (Å²) in [4.78, 5) is 2.35. The number of hydrogen-bond donors (Lipinski definition) is 2. The molecule has 1 aliphatic rings. The highest BCUT2D eigenvalue weighted by Crippen LogP contribution is 2.13. The molecule has 1 aromatic carbocycles. The maximum Gasteiger partial charge on any atom is 0.119 e. The molecule has 21 heavy (non-hydrogen) atoms. The van der Waals surface area contributed by atoms with Crippen molar-refractivity contribution < 1.29 is 9.84 Å². The molecule has 2 rings (SSSR count). The van der Waals surface area contributed by atoms with Gasteiger partial charge in [-0.3, -0.25) is 0 Å². The van der Waals surface area contributed by atoms with Crippen molar-refractivity contribution in [3.8, 4) is 11.8 Å². The second kappa shape index (κ2) is 7.99. The van der Waals surface area contributed by atoms with E-state index in [0.29, 0.717) is 23.9 Å². The van der Waals surface area contributed by atoms with Crippen molar-refractivity contribution in [2.75, 3.05) is 33.3 Å². The first kappa shape index (κ1) is 15.8. The minimum atomic E-state index is -0.535. The fraction of sp³-hybridized carbons (Fsp3) is 0.562. The molecule has 2 unspecified atom stereocenters. The molecule has 0 aromatic heterocycles. The predicted octanol–water partition coefficient (Wildman–Crippen LogP) is 0.982. The number of rotatable bonds is 7. The predicted molar refractivity (Wildman–Crippen MR) is 81.2 cm³/mol. The largest absolute Gasteiger partial charge is 0.491 e. The minimum absolute atomic E-state index is 0.249. The molecule has 0 spiro atoms. The summed E-state index contributed by atoms with van der Waals surface area (Å²) < 4.78 is 5.50. The smallest absolute Gasteiger partial charge is 0.119 e. The zero-order valence-electron chi connectivity index (χ0n) is 12.5. The number of benzene rings is 1. The van der Waals surface area contributed by atoms with Crippen molar-refractivity contribution >= 4 is 0 Å². The summed E-state index contributed by atoms with van der Waals surface area (Å²) in [7, 11) is 2.14. The van der Waals surface area contributed by atoms with Crippen LogP contribution in [0.1, 0.15) is 18.4 Å². The Morgan fingerprint density at radius 2 is 2.24 bits per heavy atom. The molecule has 2 atom stereocenters. The van der Waals surface area contributed by atoms with Gasteiger partial charge in [-0.25, -0.2) is 0 Å². The van der Waals surface area contributed by atoms with Crippen LogP contribution in [0.5, 0.6) is 5.75 Å². The van der Waals surface area contributed by atoms with Crippen molar-refractivity contribution in [3.63, 3.8) is 0 Å².